The molecule has 2 aromatic rings. The van der Waals surface area contributed by atoms with Crippen molar-refractivity contribution in [2.24, 2.45) is 0 Å². The van der Waals surface area contributed by atoms with Crippen LogP contribution in [-0.2, 0) is 18.6 Å². The molecule has 0 radical (unpaired) electrons. The van der Waals surface area contributed by atoms with Crippen LogP contribution in [0.15, 0.2) is 52.2 Å². The van der Waals surface area contributed by atoms with Crippen LogP contribution in [0.4, 0.5) is 0 Å². The number of hydrogen-bond donors (Lipinski definition) is 3. The Balaban J connectivity index is 1.65. The topological polar surface area (TPSA) is 160 Å². The molecular formula is C18H22N3O9P. The van der Waals surface area contributed by atoms with E-state index in [9.17, 15) is 29.2 Å². The molecule has 0 saturated carbocycles. The zero-order valence-electron chi connectivity index (χ0n) is 16.4. The molecule has 168 valence electrons. The van der Waals surface area contributed by atoms with E-state index in [2.05, 4.69) is 4.98 Å². The van der Waals surface area contributed by atoms with Gasteiger partial charge in [0.1, 0.15) is 24.1 Å². The Morgan fingerprint density at radius 1 is 1.35 bits per heavy atom. The first-order valence-electron chi connectivity index (χ1n) is 9.33. The van der Waals surface area contributed by atoms with E-state index in [-0.39, 0.29) is 18.8 Å². The number of carboxylic acid groups (broad SMARTS) is 1. The third-order valence-electron chi connectivity index (χ3n) is 4.57. The maximum Gasteiger partial charge on any atom is 0.330 e. The molecule has 12 nitrogen and oxygen atoms in total. The third kappa shape index (κ3) is 5.69. The van der Waals surface area contributed by atoms with Crippen molar-refractivity contribution in [1.29, 1.82) is 0 Å². The van der Waals surface area contributed by atoms with Crippen molar-refractivity contribution in [3.63, 3.8) is 0 Å². The van der Waals surface area contributed by atoms with Gasteiger partial charge in [-0.2, -0.15) is 0 Å². The molecule has 0 spiro atoms. The summed E-state index contributed by atoms with van der Waals surface area (Å²) >= 11 is 0. The van der Waals surface area contributed by atoms with Gasteiger partial charge in [-0.15, -0.1) is 0 Å². The van der Waals surface area contributed by atoms with E-state index in [4.69, 9.17) is 14.1 Å². The van der Waals surface area contributed by atoms with Gasteiger partial charge < -0.3 is 24.3 Å². The molecule has 5 atom stereocenters. The summed E-state index contributed by atoms with van der Waals surface area (Å²) in [6.45, 7) is 0.950. The van der Waals surface area contributed by atoms with E-state index >= 15 is 0 Å². The second-order valence-corrected chi connectivity index (χ2v) is 8.03. The molecule has 2 heterocycles. The number of aliphatic carboxylic acids is 1. The molecule has 1 aliphatic heterocycles. The van der Waals surface area contributed by atoms with Gasteiger partial charge in [0.25, 0.3) is 13.7 Å². The van der Waals surface area contributed by atoms with Crippen LogP contribution in [0.5, 0.6) is 5.75 Å². The van der Waals surface area contributed by atoms with Gasteiger partial charge in [0.15, 0.2) is 0 Å². The molecule has 13 heteroatoms. The second kappa shape index (κ2) is 10.0. The summed E-state index contributed by atoms with van der Waals surface area (Å²) in [6.07, 6.45) is -1.55. The highest BCUT2D eigenvalue weighted by Crippen LogP contribution is 2.35. The van der Waals surface area contributed by atoms with Crippen molar-refractivity contribution < 1.29 is 33.7 Å². The highest BCUT2D eigenvalue weighted by Gasteiger charge is 2.37. The van der Waals surface area contributed by atoms with Crippen LogP contribution >= 0.6 is 8.18 Å². The molecule has 2 unspecified atom stereocenters. The lowest BCUT2D eigenvalue weighted by atomic mass is 10.2. The number of aliphatic hydroxyl groups is 1. The van der Waals surface area contributed by atoms with Crippen molar-refractivity contribution in [1.82, 2.24) is 14.4 Å². The molecule has 1 aromatic carbocycles. The van der Waals surface area contributed by atoms with Gasteiger partial charge in [-0.3, -0.25) is 23.7 Å². The highest BCUT2D eigenvalue weighted by atomic mass is 31.1. The number of para-hydroxylation sites is 1. The van der Waals surface area contributed by atoms with Crippen LogP contribution in [-0.4, -0.2) is 55.4 Å². The van der Waals surface area contributed by atoms with E-state index in [1.165, 1.54) is 13.1 Å². The van der Waals surface area contributed by atoms with Gasteiger partial charge in [-0.05, 0) is 19.1 Å². The number of aromatic nitrogens is 2. The number of rotatable bonds is 9. The number of nitrogens with one attached hydrogen (secondary N) is 1. The van der Waals surface area contributed by atoms with E-state index in [1.807, 2.05) is 0 Å². The first kappa shape index (κ1) is 22.9. The van der Waals surface area contributed by atoms with Gasteiger partial charge in [0.2, 0.25) is 0 Å². The van der Waals surface area contributed by atoms with E-state index in [1.54, 1.807) is 30.3 Å². The Morgan fingerprint density at radius 3 is 2.71 bits per heavy atom. The SMILES string of the molecule is CC(C(=O)O)N(Oc1ccccc1)[PH](=O)OC[C@@H]1O[C@H](n2ccc(=O)[nH]c2=O)C[C@H]1O. The largest absolute Gasteiger partial charge is 0.480 e. The number of carboxylic acids is 1. The van der Waals surface area contributed by atoms with E-state index in [0.29, 0.717) is 0 Å². The molecule has 0 aliphatic carbocycles. The number of carbonyl (C=O) groups is 1. The number of aliphatic hydroxyl groups excluding tert-OH is 1. The Hall–Kier alpha value is -2.76. The summed E-state index contributed by atoms with van der Waals surface area (Å²) in [7, 11) is -3.20. The molecular weight excluding hydrogens is 433 g/mol. The summed E-state index contributed by atoms with van der Waals surface area (Å²) in [4.78, 5) is 42.7. The van der Waals surface area contributed by atoms with Crippen LogP contribution in [0.2, 0.25) is 0 Å². The van der Waals surface area contributed by atoms with Gasteiger partial charge >= 0.3 is 11.7 Å². The minimum absolute atomic E-state index is 0.0384. The molecule has 3 N–H and O–H groups in total. The quantitative estimate of drug-likeness (QED) is 0.356. The minimum atomic E-state index is -3.20. The number of hydroxylamine groups is 1. The Labute approximate surface area is 176 Å². The third-order valence-corrected chi connectivity index (χ3v) is 5.82. The lowest BCUT2D eigenvalue weighted by Crippen LogP contribution is -2.37. The number of H-pyrrole nitrogens is 1. The Kier molecular flexibility index (Phi) is 7.42. The summed E-state index contributed by atoms with van der Waals surface area (Å²) in [5.74, 6) is -1.00. The normalized spacial score (nSPS) is 22.9. The van der Waals surface area contributed by atoms with Crippen molar-refractivity contribution in [3.05, 3.63) is 63.4 Å². The summed E-state index contributed by atoms with van der Waals surface area (Å²) < 4.78 is 24.7. The summed E-state index contributed by atoms with van der Waals surface area (Å²) in [5, 5.41) is 19.5. The van der Waals surface area contributed by atoms with Gasteiger partial charge in [-0.25, -0.2) is 4.79 Å². The van der Waals surface area contributed by atoms with Crippen molar-refractivity contribution in [3.8, 4) is 5.75 Å². The molecule has 31 heavy (non-hydrogen) atoms. The van der Waals surface area contributed by atoms with Crippen molar-refractivity contribution in [2.75, 3.05) is 6.61 Å². The molecule has 0 bridgehead atoms. The lowest BCUT2D eigenvalue weighted by Gasteiger charge is -2.25. The molecule has 1 aliphatic rings. The summed E-state index contributed by atoms with van der Waals surface area (Å²) in [5.41, 5.74) is -1.26. The standard InChI is InChI=1S/C18H22N3O9P/c1-11(17(24)25)21(30-12-5-3-2-4-6-12)31(27)28-10-14-13(22)9-16(29-14)20-8-7-15(23)19-18(20)26/h2-8,11,13-14,16,22,31H,9-10H2,1H3,(H,24,25)(H,19,23,26)/t11?,13-,14+,16+/m1/s1. The smallest absolute Gasteiger partial charge is 0.330 e. The fourth-order valence-electron chi connectivity index (χ4n) is 2.88. The van der Waals surface area contributed by atoms with Crippen molar-refractivity contribution >= 4 is 14.1 Å². The maximum absolute atomic E-state index is 12.7. The number of ether oxygens (including phenoxy) is 1. The monoisotopic (exact) mass is 455 g/mol. The highest BCUT2D eigenvalue weighted by molar-refractivity contribution is 7.36. The van der Waals surface area contributed by atoms with E-state index < -0.39 is 49.9 Å². The summed E-state index contributed by atoms with van der Waals surface area (Å²) in [6, 6.07) is 8.05. The van der Waals surface area contributed by atoms with Crippen LogP contribution in [0.25, 0.3) is 0 Å². The average Bonchev–Trinajstić information content (AvgIpc) is 3.10. The van der Waals surface area contributed by atoms with Crippen molar-refractivity contribution in [2.45, 2.75) is 37.8 Å². The Bertz CT molecular complexity index is 1040. The molecule has 1 saturated heterocycles. The zero-order chi connectivity index (χ0) is 22.5. The van der Waals surface area contributed by atoms with Crippen LogP contribution in [0.1, 0.15) is 19.6 Å². The predicted octanol–water partition coefficient (Wildman–Crippen LogP) is 0.360. The maximum atomic E-state index is 12.7. The first-order valence-corrected chi connectivity index (χ1v) is 10.6. The fourth-order valence-corrected chi connectivity index (χ4v) is 3.92. The van der Waals surface area contributed by atoms with Gasteiger partial charge in [0.05, 0.1) is 12.7 Å². The Morgan fingerprint density at radius 2 is 2.06 bits per heavy atom. The average molecular weight is 455 g/mol. The number of aromatic amines is 1. The zero-order valence-corrected chi connectivity index (χ0v) is 17.4. The molecule has 3 rings (SSSR count). The molecule has 1 aromatic heterocycles. The first-order chi connectivity index (χ1) is 14.8. The number of benzene rings is 1. The second-order valence-electron chi connectivity index (χ2n) is 6.77. The molecule has 1 fully saturated rings. The van der Waals surface area contributed by atoms with E-state index in [0.717, 1.165) is 15.5 Å². The van der Waals surface area contributed by atoms with Gasteiger partial charge in [-0.1, -0.05) is 23.0 Å². The minimum Gasteiger partial charge on any atom is -0.480 e. The predicted molar refractivity (Wildman–Crippen MR) is 107 cm³/mol. The number of hydrogen-bond acceptors (Lipinski definition) is 8. The lowest BCUT2D eigenvalue weighted by molar-refractivity contribution is -0.148. The van der Waals surface area contributed by atoms with Crippen LogP contribution in [0, 0.1) is 0 Å². The number of nitrogens with zero attached hydrogens (tertiary/aromatic N) is 2. The fraction of sp³-hybridized carbons (Fsp3) is 0.389. The van der Waals surface area contributed by atoms with Crippen LogP contribution in [0.3, 0.4) is 0 Å². The van der Waals surface area contributed by atoms with Gasteiger partial charge in [0, 0.05) is 18.7 Å². The van der Waals surface area contributed by atoms with Crippen LogP contribution < -0.4 is 16.1 Å². The molecule has 0 amide bonds.